The number of benzene rings is 1. The second-order valence-electron chi connectivity index (χ2n) is 7.87. The molecule has 0 bridgehead atoms. The van der Waals surface area contributed by atoms with E-state index in [1.165, 1.54) is 12.1 Å². The van der Waals surface area contributed by atoms with E-state index in [-0.39, 0.29) is 29.4 Å². The molecule has 2 aromatic rings. The largest absolute Gasteiger partial charge is 0.379 e. The first kappa shape index (κ1) is 22.6. The molecule has 1 aromatic heterocycles. The van der Waals surface area contributed by atoms with Crippen LogP contribution >= 0.6 is 0 Å². The van der Waals surface area contributed by atoms with Gasteiger partial charge in [0.2, 0.25) is 11.9 Å². The van der Waals surface area contributed by atoms with E-state index < -0.39 is 11.7 Å². The second-order valence-corrected chi connectivity index (χ2v) is 7.87. The Morgan fingerprint density at radius 3 is 2.71 bits per heavy atom. The standard InChI is InChI=1S/C22H28FN5O3/c1-5-12(2)21(30)28(15-6-7-31-11-15)20-14(4)10-25-22(27-20)26-18-9-17(23)16(19(24)29)8-13(18)3/h8-10,12,15H,5-7,11H2,1-4H3,(H2,24,29)(H,25,26,27). The summed E-state index contributed by atoms with van der Waals surface area (Å²) >= 11 is 0. The maximum Gasteiger partial charge on any atom is 0.251 e. The molecule has 9 heteroatoms. The molecule has 3 N–H and O–H groups in total. The lowest BCUT2D eigenvalue weighted by atomic mass is 10.1. The number of primary amides is 1. The van der Waals surface area contributed by atoms with Gasteiger partial charge in [0.1, 0.15) is 11.6 Å². The number of carbonyl (C=O) groups excluding carboxylic acids is 2. The minimum atomic E-state index is -0.834. The number of carbonyl (C=O) groups is 2. The fourth-order valence-corrected chi connectivity index (χ4v) is 3.46. The number of amides is 2. The molecule has 8 nitrogen and oxygen atoms in total. The quantitative estimate of drug-likeness (QED) is 0.699. The number of hydrogen-bond acceptors (Lipinski definition) is 6. The van der Waals surface area contributed by atoms with Gasteiger partial charge in [-0.3, -0.25) is 14.5 Å². The summed E-state index contributed by atoms with van der Waals surface area (Å²) in [6.45, 7) is 8.48. The Morgan fingerprint density at radius 2 is 2.10 bits per heavy atom. The van der Waals surface area contributed by atoms with Gasteiger partial charge in [0.05, 0.1) is 18.2 Å². The number of nitrogens with zero attached hydrogens (tertiary/aromatic N) is 3. The Labute approximate surface area is 181 Å². The summed E-state index contributed by atoms with van der Waals surface area (Å²) in [7, 11) is 0. The van der Waals surface area contributed by atoms with Crippen molar-refractivity contribution in [3.63, 3.8) is 0 Å². The van der Waals surface area contributed by atoms with E-state index in [2.05, 4.69) is 15.3 Å². The van der Waals surface area contributed by atoms with Gasteiger partial charge in [0, 0.05) is 30.0 Å². The van der Waals surface area contributed by atoms with Crippen molar-refractivity contribution >= 4 is 29.3 Å². The van der Waals surface area contributed by atoms with E-state index in [0.717, 1.165) is 12.0 Å². The van der Waals surface area contributed by atoms with Crippen molar-refractivity contribution in [2.45, 2.75) is 46.6 Å². The van der Waals surface area contributed by atoms with Crippen molar-refractivity contribution in [2.24, 2.45) is 11.7 Å². The average molecular weight is 429 g/mol. The molecule has 166 valence electrons. The molecular weight excluding hydrogens is 401 g/mol. The van der Waals surface area contributed by atoms with Crippen molar-refractivity contribution in [2.75, 3.05) is 23.4 Å². The van der Waals surface area contributed by atoms with Crippen LogP contribution in [-0.4, -0.2) is 41.0 Å². The van der Waals surface area contributed by atoms with Gasteiger partial charge in [-0.1, -0.05) is 13.8 Å². The highest BCUT2D eigenvalue weighted by Crippen LogP contribution is 2.28. The van der Waals surface area contributed by atoms with Crippen LogP contribution in [-0.2, 0) is 9.53 Å². The van der Waals surface area contributed by atoms with Crippen LogP contribution < -0.4 is 16.0 Å². The predicted molar refractivity (Wildman–Crippen MR) is 116 cm³/mol. The molecule has 1 aliphatic heterocycles. The van der Waals surface area contributed by atoms with E-state index in [4.69, 9.17) is 10.5 Å². The SMILES string of the molecule is CCC(C)C(=O)N(c1nc(Nc2cc(F)c(C(N)=O)cc2C)ncc1C)C1CCOC1. The maximum absolute atomic E-state index is 14.2. The number of rotatable bonds is 7. The Hall–Kier alpha value is -3.07. The average Bonchev–Trinajstić information content (AvgIpc) is 3.26. The van der Waals surface area contributed by atoms with Crippen LogP contribution in [0.3, 0.4) is 0 Å². The van der Waals surface area contributed by atoms with Crippen molar-refractivity contribution in [3.05, 3.63) is 40.8 Å². The highest BCUT2D eigenvalue weighted by molar-refractivity contribution is 5.95. The molecule has 2 unspecified atom stereocenters. The molecule has 2 amide bonds. The molecular formula is C22H28FN5O3. The first-order chi connectivity index (χ1) is 14.7. The monoisotopic (exact) mass is 429 g/mol. The third-order valence-corrected chi connectivity index (χ3v) is 5.54. The molecule has 0 saturated carbocycles. The lowest BCUT2D eigenvalue weighted by Crippen LogP contribution is -2.44. The number of nitrogens with one attached hydrogen (secondary N) is 1. The Morgan fingerprint density at radius 1 is 1.35 bits per heavy atom. The van der Waals surface area contributed by atoms with Gasteiger partial charge in [0.25, 0.3) is 5.91 Å². The Kier molecular flexibility index (Phi) is 6.84. The molecule has 1 aromatic carbocycles. The first-order valence-corrected chi connectivity index (χ1v) is 10.3. The molecule has 0 spiro atoms. The number of halogens is 1. The van der Waals surface area contributed by atoms with Crippen LogP contribution in [0.15, 0.2) is 18.3 Å². The number of nitrogens with two attached hydrogens (primary N) is 1. The fraction of sp³-hybridized carbons (Fsp3) is 0.455. The van der Waals surface area contributed by atoms with E-state index in [1.807, 2.05) is 20.8 Å². The number of aryl methyl sites for hydroxylation is 2. The zero-order chi connectivity index (χ0) is 22.7. The van der Waals surface area contributed by atoms with Crippen molar-refractivity contribution < 1.29 is 18.7 Å². The number of aromatic nitrogens is 2. The van der Waals surface area contributed by atoms with Crippen LogP contribution in [0.2, 0.25) is 0 Å². The molecule has 1 aliphatic rings. The molecule has 1 saturated heterocycles. The molecule has 1 fully saturated rings. The summed E-state index contributed by atoms with van der Waals surface area (Å²) in [6.07, 6.45) is 3.07. The van der Waals surface area contributed by atoms with Gasteiger partial charge < -0.3 is 15.8 Å². The maximum atomic E-state index is 14.2. The number of hydrogen-bond donors (Lipinski definition) is 2. The minimum absolute atomic E-state index is 0.0150. The molecule has 0 radical (unpaired) electrons. The van der Waals surface area contributed by atoms with Crippen LogP contribution in [0, 0.1) is 25.6 Å². The minimum Gasteiger partial charge on any atom is -0.379 e. The van der Waals surface area contributed by atoms with Gasteiger partial charge in [-0.25, -0.2) is 9.37 Å². The van der Waals surface area contributed by atoms with E-state index >= 15 is 0 Å². The van der Waals surface area contributed by atoms with Gasteiger partial charge in [0.15, 0.2) is 0 Å². The van der Waals surface area contributed by atoms with Gasteiger partial charge in [-0.2, -0.15) is 4.98 Å². The van der Waals surface area contributed by atoms with Crippen molar-refractivity contribution in [1.29, 1.82) is 0 Å². The topological polar surface area (TPSA) is 110 Å². The fourth-order valence-electron chi connectivity index (χ4n) is 3.46. The van der Waals surface area contributed by atoms with E-state index in [9.17, 15) is 14.0 Å². The zero-order valence-corrected chi connectivity index (χ0v) is 18.2. The van der Waals surface area contributed by atoms with Crippen molar-refractivity contribution in [3.8, 4) is 0 Å². The molecule has 3 rings (SSSR count). The predicted octanol–water partition coefficient (Wildman–Crippen LogP) is 3.24. The zero-order valence-electron chi connectivity index (χ0n) is 18.2. The van der Waals surface area contributed by atoms with Gasteiger partial charge in [-0.15, -0.1) is 0 Å². The highest BCUT2D eigenvalue weighted by atomic mass is 19.1. The van der Waals surface area contributed by atoms with Crippen LogP contribution in [0.5, 0.6) is 0 Å². The Balaban J connectivity index is 1.97. The molecule has 31 heavy (non-hydrogen) atoms. The smallest absolute Gasteiger partial charge is 0.251 e. The normalized spacial score (nSPS) is 16.7. The van der Waals surface area contributed by atoms with E-state index in [1.54, 1.807) is 18.0 Å². The van der Waals surface area contributed by atoms with E-state index in [0.29, 0.717) is 36.7 Å². The second kappa shape index (κ2) is 9.38. The first-order valence-electron chi connectivity index (χ1n) is 10.3. The summed E-state index contributed by atoms with van der Waals surface area (Å²) in [6, 6.07) is 2.46. The van der Waals surface area contributed by atoms with Gasteiger partial charge >= 0.3 is 0 Å². The summed E-state index contributed by atoms with van der Waals surface area (Å²) in [5, 5.41) is 2.99. The lowest BCUT2D eigenvalue weighted by molar-refractivity contribution is -0.122. The molecule has 2 heterocycles. The van der Waals surface area contributed by atoms with Crippen molar-refractivity contribution in [1.82, 2.24) is 9.97 Å². The lowest BCUT2D eigenvalue weighted by Gasteiger charge is -2.30. The highest BCUT2D eigenvalue weighted by Gasteiger charge is 2.33. The summed E-state index contributed by atoms with van der Waals surface area (Å²) in [4.78, 5) is 35.1. The Bertz CT molecular complexity index is 991. The van der Waals surface area contributed by atoms with Crippen LogP contribution in [0.4, 0.5) is 21.8 Å². The third-order valence-electron chi connectivity index (χ3n) is 5.54. The third kappa shape index (κ3) is 4.82. The summed E-state index contributed by atoms with van der Waals surface area (Å²) in [5.74, 6) is -1.02. The van der Waals surface area contributed by atoms with Gasteiger partial charge in [-0.05, 0) is 44.4 Å². The van der Waals surface area contributed by atoms with Crippen LogP contribution in [0.25, 0.3) is 0 Å². The van der Waals surface area contributed by atoms with Crippen LogP contribution in [0.1, 0.15) is 48.2 Å². The summed E-state index contributed by atoms with van der Waals surface area (Å²) < 4.78 is 19.8. The molecule has 0 aliphatic carbocycles. The number of anilines is 3. The molecule has 2 atom stereocenters. The number of ether oxygens (including phenoxy) is 1. The summed E-state index contributed by atoms with van der Waals surface area (Å²) in [5.41, 5.74) is 6.79.